The number of hydrogen-bond donors (Lipinski definition) is 1. The van der Waals surface area contributed by atoms with E-state index in [1.165, 1.54) is 5.69 Å². The summed E-state index contributed by atoms with van der Waals surface area (Å²) in [6.07, 6.45) is 2.24. The number of nitrogens with zero attached hydrogens (tertiary/aromatic N) is 2. The van der Waals surface area contributed by atoms with Crippen LogP contribution in [0.25, 0.3) is 0 Å². The molecule has 0 aromatic heterocycles. The zero-order chi connectivity index (χ0) is 17.1. The maximum absolute atomic E-state index is 12.9. The Hall–Kier alpha value is -2.33. The molecule has 1 aliphatic heterocycles. The summed E-state index contributed by atoms with van der Waals surface area (Å²) in [7, 11) is 0. The molecule has 0 spiro atoms. The third kappa shape index (κ3) is 3.85. The molecule has 2 aromatic carbocycles. The molecule has 0 bridgehead atoms. The quantitative estimate of drug-likeness (QED) is 0.913. The summed E-state index contributed by atoms with van der Waals surface area (Å²) in [5.41, 5.74) is 2.36. The summed E-state index contributed by atoms with van der Waals surface area (Å²) in [6.45, 7) is 3.69. The maximum atomic E-state index is 12.9. The Morgan fingerprint density at radius 3 is 2.08 bits per heavy atom. The monoisotopic (exact) mass is 335 g/mol. The van der Waals surface area contributed by atoms with E-state index in [1.807, 2.05) is 24.3 Å². The highest BCUT2D eigenvalue weighted by atomic mass is 16.2. The molecule has 1 heterocycles. The number of anilines is 1. The molecule has 1 aliphatic carbocycles. The van der Waals surface area contributed by atoms with Crippen molar-refractivity contribution in [1.29, 1.82) is 0 Å². The fourth-order valence-corrected chi connectivity index (χ4v) is 3.55. The van der Waals surface area contributed by atoms with Crippen molar-refractivity contribution in [3.05, 3.63) is 66.2 Å². The zero-order valence-electron chi connectivity index (χ0n) is 14.5. The first-order valence-corrected chi connectivity index (χ1v) is 9.20. The lowest BCUT2D eigenvalue weighted by Gasteiger charge is -2.39. The average molecular weight is 335 g/mol. The van der Waals surface area contributed by atoms with Crippen molar-refractivity contribution in [3.63, 3.8) is 0 Å². The summed E-state index contributed by atoms with van der Waals surface area (Å²) < 4.78 is 0. The van der Waals surface area contributed by atoms with Gasteiger partial charge in [0.15, 0.2) is 0 Å². The molecule has 1 saturated carbocycles. The minimum absolute atomic E-state index is 0.155. The first kappa shape index (κ1) is 16.2. The van der Waals surface area contributed by atoms with Crippen LogP contribution in [0.4, 0.5) is 5.69 Å². The third-order valence-corrected chi connectivity index (χ3v) is 5.09. The minimum atomic E-state index is -0.181. The third-order valence-electron chi connectivity index (χ3n) is 5.09. The molecule has 25 heavy (non-hydrogen) atoms. The highest BCUT2D eigenvalue weighted by molar-refractivity contribution is 5.83. The van der Waals surface area contributed by atoms with E-state index in [2.05, 4.69) is 51.5 Å². The number of benzene rings is 2. The van der Waals surface area contributed by atoms with Crippen LogP contribution in [0.3, 0.4) is 0 Å². The van der Waals surface area contributed by atoms with Crippen LogP contribution in [0.1, 0.15) is 24.4 Å². The molecule has 1 amide bonds. The van der Waals surface area contributed by atoms with E-state index >= 15 is 0 Å². The first-order valence-electron chi connectivity index (χ1n) is 9.20. The highest BCUT2D eigenvalue weighted by Gasteiger charge is 2.33. The van der Waals surface area contributed by atoms with Gasteiger partial charge in [0.1, 0.15) is 6.04 Å². The highest BCUT2D eigenvalue weighted by Crippen LogP contribution is 2.27. The number of nitrogens with one attached hydrogen (secondary N) is 1. The molecule has 2 fully saturated rings. The Labute approximate surface area is 149 Å². The Morgan fingerprint density at radius 1 is 0.880 bits per heavy atom. The van der Waals surface area contributed by atoms with Gasteiger partial charge in [0.25, 0.3) is 0 Å². The van der Waals surface area contributed by atoms with Crippen LogP contribution in [-0.2, 0) is 4.79 Å². The molecule has 0 radical (unpaired) electrons. The normalized spacial score (nSPS) is 19.4. The van der Waals surface area contributed by atoms with E-state index in [0.717, 1.165) is 44.6 Å². The summed E-state index contributed by atoms with van der Waals surface area (Å²) in [6, 6.07) is 20.9. The molecule has 1 saturated heterocycles. The number of piperazine rings is 1. The Balaban J connectivity index is 1.47. The zero-order valence-corrected chi connectivity index (χ0v) is 14.5. The van der Waals surface area contributed by atoms with E-state index < -0.39 is 0 Å². The lowest BCUT2D eigenvalue weighted by molar-refractivity contribution is -0.127. The van der Waals surface area contributed by atoms with Crippen LogP contribution >= 0.6 is 0 Å². The predicted molar refractivity (Wildman–Crippen MR) is 101 cm³/mol. The van der Waals surface area contributed by atoms with Crippen molar-refractivity contribution in [3.8, 4) is 0 Å². The van der Waals surface area contributed by atoms with E-state index in [-0.39, 0.29) is 11.9 Å². The van der Waals surface area contributed by atoms with Gasteiger partial charge < -0.3 is 10.2 Å². The molecular formula is C21H25N3O. The average Bonchev–Trinajstić information content (AvgIpc) is 3.48. The lowest BCUT2D eigenvalue weighted by atomic mass is 10.0. The summed E-state index contributed by atoms with van der Waals surface area (Å²) in [5.74, 6) is 0.155. The maximum Gasteiger partial charge on any atom is 0.242 e. The number of hydrogen-bond acceptors (Lipinski definition) is 3. The van der Waals surface area contributed by atoms with E-state index in [1.54, 1.807) is 0 Å². The number of carbonyl (C=O) groups is 1. The Bertz CT molecular complexity index is 692. The van der Waals surface area contributed by atoms with Crippen LogP contribution in [0.15, 0.2) is 60.7 Å². The molecular weight excluding hydrogens is 310 g/mol. The van der Waals surface area contributed by atoms with Gasteiger partial charge in [-0.05, 0) is 30.5 Å². The van der Waals surface area contributed by atoms with Gasteiger partial charge in [0, 0.05) is 37.9 Å². The summed E-state index contributed by atoms with van der Waals surface area (Å²) in [4.78, 5) is 17.6. The first-order chi connectivity index (χ1) is 12.3. The molecule has 4 heteroatoms. The number of para-hydroxylation sites is 1. The Morgan fingerprint density at radius 2 is 1.48 bits per heavy atom. The molecule has 2 aromatic rings. The van der Waals surface area contributed by atoms with Gasteiger partial charge in [-0.25, -0.2) is 0 Å². The van der Waals surface area contributed by atoms with Crippen LogP contribution in [0, 0.1) is 0 Å². The van der Waals surface area contributed by atoms with Gasteiger partial charge >= 0.3 is 0 Å². The van der Waals surface area contributed by atoms with Crippen molar-refractivity contribution in [1.82, 2.24) is 10.2 Å². The van der Waals surface area contributed by atoms with Crippen molar-refractivity contribution >= 4 is 11.6 Å². The topological polar surface area (TPSA) is 35.6 Å². The largest absolute Gasteiger partial charge is 0.369 e. The van der Waals surface area contributed by atoms with E-state index in [9.17, 15) is 4.79 Å². The van der Waals surface area contributed by atoms with Gasteiger partial charge in [-0.3, -0.25) is 9.69 Å². The minimum Gasteiger partial charge on any atom is -0.369 e. The molecule has 1 atom stereocenters. The SMILES string of the molecule is O=C(NC1CC1)C(c1ccccc1)N1CCN(c2ccccc2)CC1. The second-order valence-electron chi connectivity index (χ2n) is 6.95. The van der Waals surface area contributed by atoms with Crippen LogP contribution in [0.5, 0.6) is 0 Å². The smallest absolute Gasteiger partial charge is 0.242 e. The molecule has 130 valence electrons. The summed E-state index contributed by atoms with van der Waals surface area (Å²) >= 11 is 0. The van der Waals surface area contributed by atoms with E-state index in [4.69, 9.17) is 0 Å². The summed E-state index contributed by atoms with van der Waals surface area (Å²) in [5, 5.41) is 3.20. The Kier molecular flexibility index (Phi) is 4.70. The second-order valence-corrected chi connectivity index (χ2v) is 6.95. The molecule has 2 aliphatic rings. The van der Waals surface area contributed by atoms with Gasteiger partial charge in [0.05, 0.1) is 0 Å². The number of amides is 1. The van der Waals surface area contributed by atoms with Gasteiger partial charge in [-0.15, -0.1) is 0 Å². The van der Waals surface area contributed by atoms with Gasteiger partial charge in [-0.1, -0.05) is 48.5 Å². The molecule has 1 unspecified atom stereocenters. The number of rotatable bonds is 5. The fourth-order valence-electron chi connectivity index (χ4n) is 3.55. The van der Waals surface area contributed by atoms with Crippen molar-refractivity contribution in [2.24, 2.45) is 0 Å². The molecule has 4 rings (SSSR count). The van der Waals surface area contributed by atoms with E-state index in [0.29, 0.717) is 6.04 Å². The molecule has 4 nitrogen and oxygen atoms in total. The fraction of sp³-hybridized carbons (Fsp3) is 0.381. The van der Waals surface area contributed by atoms with Crippen molar-refractivity contribution < 1.29 is 4.79 Å². The van der Waals surface area contributed by atoms with Crippen LogP contribution < -0.4 is 10.2 Å². The molecule has 1 N–H and O–H groups in total. The van der Waals surface area contributed by atoms with Gasteiger partial charge in [-0.2, -0.15) is 0 Å². The van der Waals surface area contributed by atoms with Crippen LogP contribution in [-0.4, -0.2) is 43.0 Å². The van der Waals surface area contributed by atoms with Crippen molar-refractivity contribution in [2.45, 2.75) is 24.9 Å². The second kappa shape index (κ2) is 7.28. The number of carbonyl (C=O) groups excluding carboxylic acids is 1. The van der Waals surface area contributed by atoms with Crippen molar-refractivity contribution in [2.75, 3.05) is 31.1 Å². The lowest BCUT2D eigenvalue weighted by Crippen LogP contribution is -2.51. The standard InChI is InChI=1S/C21H25N3O/c25-21(22-18-11-12-18)20(17-7-3-1-4-8-17)24-15-13-23(14-16-24)19-9-5-2-6-10-19/h1-10,18,20H,11-16H2,(H,22,25). The predicted octanol–water partition coefficient (Wildman–Crippen LogP) is 2.83. The van der Waals surface area contributed by atoms with Gasteiger partial charge in [0.2, 0.25) is 5.91 Å². The van der Waals surface area contributed by atoms with Crippen LogP contribution in [0.2, 0.25) is 0 Å².